The van der Waals surface area contributed by atoms with Crippen molar-refractivity contribution < 1.29 is 23.7 Å². The quantitative estimate of drug-likeness (QED) is 0.372. The van der Waals surface area contributed by atoms with Crippen molar-refractivity contribution in [3.8, 4) is 34.4 Å². The average molecular weight is 471 g/mol. The van der Waals surface area contributed by atoms with Crippen molar-refractivity contribution in [1.29, 1.82) is 0 Å². The van der Waals surface area contributed by atoms with E-state index in [1.54, 1.807) is 36.5 Å². The van der Waals surface area contributed by atoms with E-state index in [1.807, 2.05) is 40.7 Å². The number of ether oxygens (including phenoxy) is 4. The Balaban J connectivity index is 2.04. The summed E-state index contributed by atoms with van der Waals surface area (Å²) in [5.74, 6) is 1.14. The number of rotatable bonds is 7. The Hall–Kier alpha value is -3.32. The van der Waals surface area contributed by atoms with Crippen LogP contribution in [0.4, 0.5) is 0 Å². The lowest BCUT2D eigenvalue weighted by atomic mass is 10.0. The standard InChI is InChI=1S/C25H27ClN2O5/c1-15(2)31-23-20(26)13-17(14-28-23)32-21-10-9-16(24(29)33-25(3,4)5)12-19(21)18-8-7-11-27-22(18)30-6/h7-15H,1-6H3. The van der Waals surface area contributed by atoms with Crippen LogP contribution in [0.3, 0.4) is 0 Å². The summed E-state index contributed by atoms with van der Waals surface area (Å²) in [6, 6.07) is 10.2. The third-order valence-electron chi connectivity index (χ3n) is 4.23. The van der Waals surface area contributed by atoms with Crippen LogP contribution in [0.25, 0.3) is 11.1 Å². The van der Waals surface area contributed by atoms with Gasteiger partial charge in [-0.15, -0.1) is 0 Å². The first-order valence-corrected chi connectivity index (χ1v) is 10.8. The molecular weight excluding hydrogens is 444 g/mol. The SMILES string of the molecule is COc1ncccc1-c1cc(C(=O)OC(C)(C)C)ccc1Oc1cnc(OC(C)C)c(Cl)c1. The Morgan fingerprint density at radius 2 is 1.79 bits per heavy atom. The molecule has 1 aromatic carbocycles. The molecule has 33 heavy (non-hydrogen) atoms. The fourth-order valence-electron chi connectivity index (χ4n) is 2.95. The van der Waals surface area contributed by atoms with E-state index in [0.717, 1.165) is 0 Å². The molecule has 0 aliphatic carbocycles. The molecule has 0 spiro atoms. The van der Waals surface area contributed by atoms with Gasteiger partial charge in [0.05, 0.1) is 25.0 Å². The predicted octanol–water partition coefficient (Wildman–Crippen LogP) is 6.34. The van der Waals surface area contributed by atoms with Gasteiger partial charge in [-0.25, -0.2) is 14.8 Å². The molecule has 2 aromatic heterocycles. The second-order valence-electron chi connectivity index (χ2n) is 8.50. The molecule has 0 fully saturated rings. The van der Waals surface area contributed by atoms with Gasteiger partial charge >= 0.3 is 5.97 Å². The number of esters is 1. The molecule has 7 nitrogen and oxygen atoms in total. The minimum Gasteiger partial charge on any atom is -0.481 e. The molecule has 2 heterocycles. The van der Waals surface area contributed by atoms with Crippen molar-refractivity contribution in [2.24, 2.45) is 0 Å². The molecule has 174 valence electrons. The third kappa shape index (κ3) is 6.35. The van der Waals surface area contributed by atoms with Crippen molar-refractivity contribution in [1.82, 2.24) is 9.97 Å². The number of carbonyl (C=O) groups is 1. The first kappa shape index (κ1) is 24.3. The highest BCUT2D eigenvalue weighted by atomic mass is 35.5. The Labute approximate surface area is 198 Å². The van der Waals surface area contributed by atoms with Crippen LogP contribution in [0.5, 0.6) is 23.3 Å². The summed E-state index contributed by atoms with van der Waals surface area (Å²) in [6.45, 7) is 9.23. The molecule has 0 aliphatic rings. The first-order chi connectivity index (χ1) is 15.6. The van der Waals surface area contributed by atoms with Crippen LogP contribution in [-0.4, -0.2) is 34.8 Å². The minimum absolute atomic E-state index is 0.0631. The molecule has 0 amide bonds. The fourth-order valence-corrected chi connectivity index (χ4v) is 3.15. The molecule has 3 rings (SSSR count). The lowest BCUT2D eigenvalue weighted by Gasteiger charge is -2.20. The monoisotopic (exact) mass is 470 g/mol. The summed E-state index contributed by atoms with van der Waals surface area (Å²) in [6.07, 6.45) is 3.08. The number of benzene rings is 1. The summed E-state index contributed by atoms with van der Waals surface area (Å²) in [4.78, 5) is 21.2. The molecular formula is C25H27ClN2O5. The minimum atomic E-state index is -0.624. The highest BCUT2D eigenvalue weighted by Gasteiger charge is 2.21. The highest BCUT2D eigenvalue weighted by molar-refractivity contribution is 6.31. The van der Waals surface area contributed by atoms with Crippen molar-refractivity contribution in [2.45, 2.75) is 46.3 Å². The van der Waals surface area contributed by atoms with E-state index < -0.39 is 11.6 Å². The molecule has 8 heteroatoms. The van der Waals surface area contributed by atoms with Crippen LogP contribution in [0.15, 0.2) is 48.8 Å². The van der Waals surface area contributed by atoms with E-state index in [1.165, 1.54) is 13.3 Å². The zero-order chi connectivity index (χ0) is 24.2. The van der Waals surface area contributed by atoms with Crippen LogP contribution >= 0.6 is 11.6 Å². The normalized spacial score (nSPS) is 11.3. The van der Waals surface area contributed by atoms with Crippen LogP contribution in [0.1, 0.15) is 45.0 Å². The van der Waals surface area contributed by atoms with Gasteiger partial charge in [0, 0.05) is 23.4 Å². The van der Waals surface area contributed by atoms with Crippen molar-refractivity contribution in [3.63, 3.8) is 0 Å². The van der Waals surface area contributed by atoms with Crippen LogP contribution < -0.4 is 14.2 Å². The zero-order valence-corrected chi connectivity index (χ0v) is 20.3. The topological polar surface area (TPSA) is 79.8 Å². The van der Waals surface area contributed by atoms with Gasteiger partial charge in [-0.2, -0.15) is 0 Å². The largest absolute Gasteiger partial charge is 0.481 e. The smallest absolute Gasteiger partial charge is 0.338 e. The molecule has 0 saturated carbocycles. The maximum atomic E-state index is 12.7. The number of halogens is 1. The molecule has 0 saturated heterocycles. The second kappa shape index (κ2) is 10.1. The van der Waals surface area contributed by atoms with Gasteiger partial charge in [0.2, 0.25) is 11.8 Å². The summed E-state index contributed by atoms with van der Waals surface area (Å²) in [7, 11) is 1.53. The maximum absolute atomic E-state index is 12.7. The van der Waals surface area contributed by atoms with Gasteiger partial charge in [-0.3, -0.25) is 0 Å². The van der Waals surface area contributed by atoms with Crippen LogP contribution in [0.2, 0.25) is 5.02 Å². The Morgan fingerprint density at radius 3 is 2.42 bits per heavy atom. The van der Waals surface area contributed by atoms with E-state index in [0.29, 0.717) is 45.0 Å². The predicted molar refractivity (Wildman–Crippen MR) is 126 cm³/mol. The summed E-state index contributed by atoms with van der Waals surface area (Å²) >= 11 is 6.31. The van der Waals surface area contributed by atoms with E-state index >= 15 is 0 Å². The number of hydrogen-bond donors (Lipinski definition) is 0. The van der Waals surface area contributed by atoms with E-state index in [2.05, 4.69) is 9.97 Å². The molecule has 0 N–H and O–H groups in total. The Morgan fingerprint density at radius 1 is 1.03 bits per heavy atom. The lowest BCUT2D eigenvalue weighted by Crippen LogP contribution is -2.23. The number of pyridine rings is 2. The van der Waals surface area contributed by atoms with Gasteiger partial charge in [0.1, 0.15) is 22.1 Å². The van der Waals surface area contributed by atoms with Gasteiger partial charge in [0.15, 0.2) is 0 Å². The molecule has 0 atom stereocenters. The average Bonchev–Trinajstić information content (AvgIpc) is 2.74. The molecule has 0 radical (unpaired) electrons. The van der Waals surface area contributed by atoms with Gasteiger partial charge in [-0.05, 0) is 65.0 Å². The van der Waals surface area contributed by atoms with Crippen LogP contribution in [0, 0.1) is 0 Å². The van der Waals surface area contributed by atoms with Crippen molar-refractivity contribution in [3.05, 3.63) is 59.4 Å². The Kier molecular flexibility index (Phi) is 7.43. The number of nitrogens with zero attached hydrogens (tertiary/aromatic N) is 2. The summed E-state index contributed by atoms with van der Waals surface area (Å²) in [5.41, 5.74) is 0.997. The number of aromatic nitrogens is 2. The lowest BCUT2D eigenvalue weighted by molar-refractivity contribution is 0.00695. The number of carbonyl (C=O) groups excluding carboxylic acids is 1. The van der Waals surface area contributed by atoms with Crippen molar-refractivity contribution in [2.75, 3.05) is 7.11 Å². The van der Waals surface area contributed by atoms with E-state index in [9.17, 15) is 4.79 Å². The fraction of sp³-hybridized carbons (Fsp3) is 0.320. The molecule has 0 unspecified atom stereocenters. The molecule has 3 aromatic rings. The molecule has 0 bridgehead atoms. The van der Waals surface area contributed by atoms with Gasteiger partial charge < -0.3 is 18.9 Å². The highest BCUT2D eigenvalue weighted by Crippen LogP contribution is 2.39. The molecule has 0 aliphatic heterocycles. The van der Waals surface area contributed by atoms with Crippen molar-refractivity contribution >= 4 is 17.6 Å². The zero-order valence-electron chi connectivity index (χ0n) is 19.5. The first-order valence-electron chi connectivity index (χ1n) is 10.4. The summed E-state index contributed by atoms with van der Waals surface area (Å²) in [5, 5.41) is 0.326. The Bertz CT molecular complexity index is 1140. The van der Waals surface area contributed by atoms with E-state index in [-0.39, 0.29) is 6.10 Å². The third-order valence-corrected chi connectivity index (χ3v) is 4.50. The summed E-state index contributed by atoms with van der Waals surface area (Å²) < 4.78 is 22.6. The van der Waals surface area contributed by atoms with Gasteiger partial charge in [0.25, 0.3) is 0 Å². The number of hydrogen-bond acceptors (Lipinski definition) is 7. The van der Waals surface area contributed by atoms with E-state index in [4.69, 9.17) is 30.5 Å². The van der Waals surface area contributed by atoms with Gasteiger partial charge in [-0.1, -0.05) is 11.6 Å². The maximum Gasteiger partial charge on any atom is 0.338 e. The van der Waals surface area contributed by atoms with Crippen LogP contribution in [-0.2, 0) is 4.74 Å². The number of methoxy groups -OCH3 is 1. The second-order valence-corrected chi connectivity index (χ2v) is 8.91.